The van der Waals surface area contributed by atoms with E-state index in [1.165, 1.54) is 0 Å². The summed E-state index contributed by atoms with van der Waals surface area (Å²) in [7, 11) is 0. The lowest BCUT2D eigenvalue weighted by molar-refractivity contribution is 0.510. The van der Waals surface area contributed by atoms with Crippen LogP contribution in [0.15, 0.2) is 58.3 Å². The van der Waals surface area contributed by atoms with Crippen molar-refractivity contribution in [2.75, 3.05) is 0 Å². The first-order chi connectivity index (χ1) is 7.31. The number of benzene rings is 1. The fraction of sp³-hybridized carbons (Fsp3) is 0. The maximum atomic E-state index is 11.5. The second kappa shape index (κ2) is 3.96. The van der Waals surface area contributed by atoms with Crippen molar-refractivity contribution < 1.29 is 4.42 Å². The molecule has 2 heteroatoms. The first-order valence-electron chi connectivity index (χ1n) is 4.63. The minimum Gasteiger partial charge on any atom is -0.423 e. The van der Waals surface area contributed by atoms with Gasteiger partial charge in [0.1, 0.15) is 5.76 Å². The molecule has 0 aliphatic rings. The van der Waals surface area contributed by atoms with E-state index in [1.807, 2.05) is 24.3 Å². The van der Waals surface area contributed by atoms with Gasteiger partial charge in [-0.05, 0) is 23.6 Å². The molecule has 15 heavy (non-hydrogen) atoms. The Balaban J connectivity index is 2.67. The molecule has 0 saturated carbocycles. The predicted octanol–water partition coefficient (Wildman–Crippen LogP) is 2.99. The van der Waals surface area contributed by atoms with E-state index in [1.54, 1.807) is 24.3 Å². The molecule has 2 rings (SSSR count). The van der Waals surface area contributed by atoms with E-state index >= 15 is 0 Å². The molecule has 0 atom stereocenters. The zero-order valence-corrected chi connectivity index (χ0v) is 8.14. The smallest absolute Gasteiger partial charge is 0.344 e. The van der Waals surface area contributed by atoms with Crippen LogP contribution in [0, 0.1) is 0 Å². The first kappa shape index (κ1) is 9.46. The van der Waals surface area contributed by atoms with Crippen molar-refractivity contribution in [3.8, 4) is 0 Å². The van der Waals surface area contributed by atoms with Crippen LogP contribution in [0.1, 0.15) is 5.76 Å². The highest BCUT2D eigenvalue weighted by Gasteiger charge is 2.00. The van der Waals surface area contributed by atoms with Crippen molar-refractivity contribution in [3.05, 3.63) is 65.2 Å². The van der Waals surface area contributed by atoms with Crippen LogP contribution >= 0.6 is 0 Å². The summed E-state index contributed by atoms with van der Waals surface area (Å²) < 4.78 is 5.10. The Hall–Kier alpha value is -2.09. The maximum Gasteiger partial charge on any atom is 0.344 e. The summed E-state index contributed by atoms with van der Waals surface area (Å²) in [5, 5.41) is 1.49. The Morgan fingerprint density at radius 1 is 1.27 bits per heavy atom. The van der Waals surface area contributed by atoms with Crippen molar-refractivity contribution >= 4 is 16.8 Å². The van der Waals surface area contributed by atoms with E-state index in [4.69, 9.17) is 4.42 Å². The van der Waals surface area contributed by atoms with Crippen LogP contribution in [0.25, 0.3) is 16.8 Å². The fourth-order valence-electron chi connectivity index (χ4n) is 1.40. The standard InChI is InChI=1S/C13H10O2/c1-2-3-7-11-9-10-6-4-5-8-12(10)13(14)15-11/h2-9H,1H2/b7-3+. The molecule has 1 heterocycles. The molecule has 1 aromatic heterocycles. The van der Waals surface area contributed by atoms with Gasteiger partial charge in [0.05, 0.1) is 5.39 Å². The molecule has 0 aliphatic carbocycles. The lowest BCUT2D eigenvalue weighted by Gasteiger charge is -1.96. The third-order valence-electron chi connectivity index (χ3n) is 2.09. The third-order valence-corrected chi connectivity index (χ3v) is 2.09. The van der Waals surface area contributed by atoms with E-state index in [0.29, 0.717) is 11.1 Å². The van der Waals surface area contributed by atoms with Gasteiger partial charge in [0.15, 0.2) is 0 Å². The summed E-state index contributed by atoms with van der Waals surface area (Å²) in [5.74, 6) is 0.540. The quantitative estimate of drug-likeness (QED) is 0.694. The van der Waals surface area contributed by atoms with Crippen molar-refractivity contribution in [1.29, 1.82) is 0 Å². The largest absolute Gasteiger partial charge is 0.423 e. The molecule has 0 saturated heterocycles. The van der Waals surface area contributed by atoms with E-state index in [2.05, 4.69) is 6.58 Å². The summed E-state index contributed by atoms with van der Waals surface area (Å²) in [6.07, 6.45) is 5.07. The lowest BCUT2D eigenvalue weighted by atomic mass is 10.1. The molecule has 0 spiro atoms. The minimum absolute atomic E-state index is 0.309. The second-order valence-corrected chi connectivity index (χ2v) is 3.12. The minimum atomic E-state index is -0.309. The average Bonchev–Trinajstić information content (AvgIpc) is 2.26. The van der Waals surface area contributed by atoms with Gasteiger partial charge in [-0.2, -0.15) is 0 Å². The Morgan fingerprint density at radius 3 is 2.87 bits per heavy atom. The Bertz CT molecular complexity index is 576. The zero-order valence-electron chi connectivity index (χ0n) is 8.14. The molecule has 0 N–H and O–H groups in total. The number of fused-ring (bicyclic) bond motifs is 1. The normalized spacial score (nSPS) is 10.9. The Morgan fingerprint density at radius 2 is 2.07 bits per heavy atom. The molecule has 0 bridgehead atoms. The van der Waals surface area contributed by atoms with E-state index in [0.717, 1.165) is 5.39 Å². The number of allylic oxidation sites excluding steroid dienone is 2. The summed E-state index contributed by atoms with van der Waals surface area (Å²) in [6.45, 7) is 3.55. The molecular formula is C13H10O2. The van der Waals surface area contributed by atoms with E-state index < -0.39 is 0 Å². The molecule has 74 valence electrons. The lowest BCUT2D eigenvalue weighted by Crippen LogP contribution is -1.99. The van der Waals surface area contributed by atoms with Crippen molar-refractivity contribution in [2.24, 2.45) is 0 Å². The van der Waals surface area contributed by atoms with Crippen LogP contribution in [-0.2, 0) is 0 Å². The SMILES string of the molecule is C=C/C=C/c1cc2ccccc2c(=O)o1. The van der Waals surface area contributed by atoms with Crippen LogP contribution in [0.5, 0.6) is 0 Å². The molecule has 0 unspecified atom stereocenters. The molecular weight excluding hydrogens is 188 g/mol. The molecule has 0 aliphatic heterocycles. The molecule has 2 nitrogen and oxygen atoms in total. The zero-order chi connectivity index (χ0) is 10.7. The van der Waals surface area contributed by atoms with Gasteiger partial charge in [0.25, 0.3) is 0 Å². The first-order valence-corrected chi connectivity index (χ1v) is 4.63. The monoisotopic (exact) mass is 198 g/mol. The van der Waals surface area contributed by atoms with Gasteiger partial charge >= 0.3 is 5.63 Å². The van der Waals surface area contributed by atoms with Gasteiger partial charge in [-0.1, -0.05) is 36.9 Å². The average molecular weight is 198 g/mol. The Labute approximate surface area is 87.2 Å². The predicted molar refractivity (Wildman–Crippen MR) is 61.7 cm³/mol. The van der Waals surface area contributed by atoms with Crippen molar-refractivity contribution in [3.63, 3.8) is 0 Å². The molecule has 0 radical (unpaired) electrons. The molecule has 1 aromatic carbocycles. The number of hydrogen-bond donors (Lipinski definition) is 0. The van der Waals surface area contributed by atoms with E-state index in [-0.39, 0.29) is 5.63 Å². The van der Waals surface area contributed by atoms with Crippen LogP contribution in [0.2, 0.25) is 0 Å². The number of rotatable bonds is 2. The maximum absolute atomic E-state index is 11.5. The van der Waals surface area contributed by atoms with Crippen LogP contribution in [0.3, 0.4) is 0 Å². The van der Waals surface area contributed by atoms with Gasteiger partial charge in [-0.25, -0.2) is 4.79 Å². The second-order valence-electron chi connectivity index (χ2n) is 3.12. The molecule has 0 amide bonds. The highest BCUT2D eigenvalue weighted by atomic mass is 16.4. The van der Waals surface area contributed by atoms with Crippen LogP contribution in [0.4, 0.5) is 0 Å². The molecule has 0 fully saturated rings. The molecule has 2 aromatic rings. The van der Waals surface area contributed by atoms with Gasteiger partial charge < -0.3 is 4.42 Å². The Kier molecular flexibility index (Phi) is 2.50. The summed E-state index contributed by atoms with van der Waals surface area (Å²) in [4.78, 5) is 11.5. The highest BCUT2D eigenvalue weighted by Crippen LogP contribution is 2.12. The van der Waals surface area contributed by atoms with Crippen LogP contribution in [-0.4, -0.2) is 0 Å². The van der Waals surface area contributed by atoms with Gasteiger partial charge in [-0.15, -0.1) is 0 Å². The van der Waals surface area contributed by atoms with E-state index in [9.17, 15) is 4.79 Å². The van der Waals surface area contributed by atoms with Gasteiger partial charge in [0, 0.05) is 0 Å². The van der Waals surface area contributed by atoms with Crippen molar-refractivity contribution in [2.45, 2.75) is 0 Å². The topological polar surface area (TPSA) is 30.2 Å². The fourth-order valence-corrected chi connectivity index (χ4v) is 1.40. The van der Waals surface area contributed by atoms with Gasteiger partial charge in [-0.3, -0.25) is 0 Å². The van der Waals surface area contributed by atoms with Crippen LogP contribution < -0.4 is 5.63 Å². The third kappa shape index (κ3) is 1.89. The number of hydrogen-bond acceptors (Lipinski definition) is 2. The summed E-state index contributed by atoms with van der Waals surface area (Å²) in [6, 6.07) is 9.18. The van der Waals surface area contributed by atoms with Crippen molar-refractivity contribution in [1.82, 2.24) is 0 Å². The highest BCUT2D eigenvalue weighted by molar-refractivity contribution is 5.82. The van der Waals surface area contributed by atoms with Gasteiger partial charge in [0.2, 0.25) is 0 Å². The summed E-state index contributed by atoms with van der Waals surface area (Å²) in [5.41, 5.74) is -0.309. The summed E-state index contributed by atoms with van der Waals surface area (Å²) >= 11 is 0.